The van der Waals surface area contributed by atoms with Crippen molar-refractivity contribution in [3.05, 3.63) is 33.8 Å². The highest BCUT2D eigenvalue weighted by Gasteiger charge is 2.11. The SMILES string of the molecule is CN(CCCN(C)Cc1ccc(Cl)c(Cl)c1)CCN1CCCC1. The molecule has 1 fully saturated rings. The number of benzene rings is 1. The minimum atomic E-state index is 0.623. The van der Waals surface area contributed by atoms with Gasteiger partial charge in [-0.05, 0) is 77.2 Å². The summed E-state index contributed by atoms with van der Waals surface area (Å²) in [5.74, 6) is 0. The van der Waals surface area contributed by atoms with Gasteiger partial charge in [0.05, 0.1) is 10.0 Å². The Morgan fingerprint density at radius 2 is 1.65 bits per heavy atom. The first kappa shape index (κ1) is 19.0. The molecule has 130 valence electrons. The van der Waals surface area contributed by atoms with E-state index < -0.39 is 0 Å². The van der Waals surface area contributed by atoms with Crippen molar-refractivity contribution in [3.63, 3.8) is 0 Å². The zero-order valence-electron chi connectivity index (χ0n) is 14.4. The van der Waals surface area contributed by atoms with Crippen LogP contribution in [0.2, 0.25) is 10.0 Å². The summed E-state index contributed by atoms with van der Waals surface area (Å²) in [7, 11) is 4.39. The average molecular weight is 358 g/mol. The van der Waals surface area contributed by atoms with Crippen molar-refractivity contribution < 1.29 is 0 Å². The number of likely N-dealkylation sites (tertiary alicyclic amines) is 1. The Labute approximate surface area is 151 Å². The van der Waals surface area contributed by atoms with Crippen LogP contribution in [0, 0.1) is 0 Å². The van der Waals surface area contributed by atoms with Gasteiger partial charge in [-0.2, -0.15) is 0 Å². The highest BCUT2D eigenvalue weighted by Crippen LogP contribution is 2.23. The molecule has 0 radical (unpaired) electrons. The zero-order valence-corrected chi connectivity index (χ0v) is 15.9. The summed E-state index contributed by atoms with van der Waals surface area (Å²) in [6.45, 7) is 8.13. The van der Waals surface area contributed by atoms with Crippen LogP contribution in [-0.4, -0.2) is 68.1 Å². The molecule has 1 saturated heterocycles. The molecule has 1 aliphatic heterocycles. The number of likely N-dealkylation sites (N-methyl/N-ethyl adjacent to an activating group) is 1. The lowest BCUT2D eigenvalue weighted by molar-refractivity contribution is 0.239. The number of hydrogen-bond donors (Lipinski definition) is 0. The van der Waals surface area contributed by atoms with Gasteiger partial charge in [-0.3, -0.25) is 0 Å². The van der Waals surface area contributed by atoms with E-state index in [0.717, 1.165) is 19.6 Å². The lowest BCUT2D eigenvalue weighted by Crippen LogP contribution is -2.33. The normalized spacial score (nSPS) is 15.9. The number of nitrogens with zero attached hydrogens (tertiary/aromatic N) is 3. The van der Waals surface area contributed by atoms with Crippen LogP contribution < -0.4 is 0 Å². The van der Waals surface area contributed by atoms with E-state index in [-0.39, 0.29) is 0 Å². The van der Waals surface area contributed by atoms with Crippen LogP contribution in [0.25, 0.3) is 0 Å². The second-order valence-corrected chi connectivity index (χ2v) is 7.51. The molecule has 1 aliphatic rings. The van der Waals surface area contributed by atoms with E-state index in [2.05, 4.69) is 28.8 Å². The van der Waals surface area contributed by atoms with Crippen LogP contribution in [0.1, 0.15) is 24.8 Å². The molecule has 1 aromatic carbocycles. The minimum Gasteiger partial charge on any atom is -0.305 e. The predicted molar refractivity (Wildman–Crippen MR) is 101 cm³/mol. The van der Waals surface area contributed by atoms with Gasteiger partial charge < -0.3 is 14.7 Å². The summed E-state index contributed by atoms with van der Waals surface area (Å²) in [6.07, 6.45) is 3.95. The number of rotatable bonds is 9. The largest absolute Gasteiger partial charge is 0.305 e. The summed E-state index contributed by atoms with van der Waals surface area (Å²) >= 11 is 12.0. The van der Waals surface area contributed by atoms with E-state index in [1.54, 1.807) is 0 Å². The fraction of sp³-hybridized carbons (Fsp3) is 0.667. The van der Waals surface area contributed by atoms with Gasteiger partial charge in [-0.25, -0.2) is 0 Å². The van der Waals surface area contributed by atoms with Gasteiger partial charge >= 0.3 is 0 Å². The quantitative estimate of drug-likeness (QED) is 0.664. The maximum Gasteiger partial charge on any atom is 0.0595 e. The monoisotopic (exact) mass is 357 g/mol. The third-order valence-corrected chi connectivity index (χ3v) is 5.25. The predicted octanol–water partition coefficient (Wildman–Crippen LogP) is 3.84. The molecule has 0 atom stereocenters. The third kappa shape index (κ3) is 6.98. The first-order valence-corrected chi connectivity index (χ1v) is 9.33. The Balaban J connectivity index is 1.59. The first-order valence-electron chi connectivity index (χ1n) is 8.58. The Morgan fingerprint density at radius 1 is 0.957 bits per heavy atom. The minimum absolute atomic E-state index is 0.623. The molecule has 0 N–H and O–H groups in total. The van der Waals surface area contributed by atoms with Crippen molar-refractivity contribution >= 4 is 23.2 Å². The van der Waals surface area contributed by atoms with Crippen molar-refractivity contribution in [1.82, 2.24) is 14.7 Å². The molecule has 2 rings (SSSR count). The van der Waals surface area contributed by atoms with Crippen LogP contribution in [0.15, 0.2) is 18.2 Å². The van der Waals surface area contributed by atoms with E-state index in [1.807, 2.05) is 18.2 Å². The maximum absolute atomic E-state index is 6.07. The molecular formula is C18H29Cl2N3. The second kappa shape index (κ2) is 9.85. The number of hydrogen-bond acceptors (Lipinski definition) is 3. The van der Waals surface area contributed by atoms with Gasteiger partial charge in [0.1, 0.15) is 0 Å². The molecule has 0 unspecified atom stereocenters. The van der Waals surface area contributed by atoms with E-state index in [1.165, 1.54) is 51.0 Å². The van der Waals surface area contributed by atoms with Gasteiger partial charge in [0, 0.05) is 19.6 Å². The highest BCUT2D eigenvalue weighted by molar-refractivity contribution is 6.42. The molecule has 5 heteroatoms. The molecule has 23 heavy (non-hydrogen) atoms. The van der Waals surface area contributed by atoms with Crippen molar-refractivity contribution in [2.45, 2.75) is 25.8 Å². The fourth-order valence-corrected chi connectivity index (χ4v) is 3.39. The average Bonchev–Trinajstić information content (AvgIpc) is 3.02. The Hall–Kier alpha value is -0.320. The molecule has 0 saturated carbocycles. The van der Waals surface area contributed by atoms with Crippen LogP contribution in [0.4, 0.5) is 0 Å². The van der Waals surface area contributed by atoms with Gasteiger partial charge in [-0.1, -0.05) is 29.3 Å². The first-order chi connectivity index (χ1) is 11.0. The highest BCUT2D eigenvalue weighted by atomic mass is 35.5. The summed E-state index contributed by atoms with van der Waals surface area (Å²) in [5, 5.41) is 1.26. The van der Waals surface area contributed by atoms with E-state index in [0.29, 0.717) is 10.0 Å². The van der Waals surface area contributed by atoms with Crippen LogP contribution >= 0.6 is 23.2 Å². The van der Waals surface area contributed by atoms with Crippen molar-refractivity contribution in [2.75, 3.05) is 53.4 Å². The van der Waals surface area contributed by atoms with E-state index in [4.69, 9.17) is 23.2 Å². The van der Waals surface area contributed by atoms with Gasteiger partial charge in [0.15, 0.2) is 0 Å². The maximum atomic E-state index is 6.07. The van der Waals surface area contributed by atoms with Crippen LogP contribution in [-0.2, 0) is 6.54 Å². The van der Waals surface area contributed by atoms with Crippen molar-refractivity contribution in [1.29, 1.82) is 0 Å². The molecule has 0 bridgehead atoms. The van der Waals surface area contributed by atoms with Gasteiger partial charge in [0.2, 0.25) is 0 Å². The Bertz CT molecular complexity index is 475. The molecule has 1 aromatic rings. The fourth-order valence-electron chi connectivity index (χ4n) is 3.07. The second-order valence-electron chi connectivity index (χ2n) is 6.69. The molecular weight excluding hydrogens is 329 g/mol. The third-order valence-electron chi connectivity index (χ3n) is 4.51. The molecule has 0 amide bonds. The topological polar surface area (TPSA) is 9.72 Å². The van der Waals surface area contributed by atoms with E-state index >= 15 is 0 Å². The summed E-state index contributed by atoms with van der Waals surface area (Å²) in [6, 6.07) is 5.88. The van der Waals surface area contributed by atoms with Crippen molar-refractivity contribution in [2.24, 2.45) is 0 Å². The summed E-state index contributed by atoms with van der Waals surface area (Å²) < 4.78 is 0. The van der Waals surface area contributed by atoms with Crippen LogP contribution in [0.5, 0.6) is 0 Å². The smallest absolute Gasteiger partial charge is 0.0595 e. The molecule has 0 aliphatic carbocycles. The molecule has 0 aromatic heterocycles. The zero-order chi connectivity index (χ0) is 16.7. The lowest BCUT2D eigenvalue weighted by Gasteiger charge is -2.23. The summed E-state index contributed by atoms with van der Waals surface area (Å²) in [4.78, 5) is 7.37. The molecule has 0 spiro atoms. The van der Waals surface area contributed by atoms with Gasteiger partial charge in [0.25, 0.3) is 0 Å². The summed E-state index contributed by atoms with van der Waals surface area (Å²) in [5.41, 5.74) is 1.21. The Morgan fingerprint density at radius 3 is 2.35 bits per heavy atom. The standard InChI is InChI=1S/C18H29Cl2N3/c1-21(12-13-23-10-3-4-11-23)8-5-9-22(2)15-16-6-7-17(19)18(20)14-16/h6-7,14H,3-5,8-13,15H2,1-2H3. The van der Waals surface area contributed by atoms with E-state index in [9.17, 15) is 0 Å². The number of halogens is 2. The van der Waals surface area contributed by atoms with Crippen LogP contribution in [0.3, 0.4) is 0 Å². The van der Waals surface area contributed by atoms with Crippen molar-refractivity contribution in [3.8, 4) is 0 Å². The molecule has 3 nitrogen and oxygen atoms in total. The Kier molecular flexibility index (Phi) is 8.14. The lowest BCUT2D eigenvalue weighted by atomic mass is 10.2. The molecule has 1 heterocycles. The van der Waals surface area contributed by atoms with Gasteiger partial charge in [-0.15, -0.1) is 0 Å².